The summed E-state index contributed by atoms with van der Waals surface area (Å²) in [4.78, 5) is 16.5. The normalized spacial score (nSPS) is 14.5. The second-order valence-corrected chi connectivity index (χ2v) is 5.87. The number of hydrogen-bond donors (Lipinski definition) is 1. The van der Waals surface area contributed by atoms with Gasteiger partial charge < -0.3 is 20.3 Å². The Balaban J connectivity index is 1.42. The third-order valence-electron chi connectivity index (χ3n) is 4.22. The number of nitrogen functional groups attached to an aromatic ring is 1. The van der Waals surface area contributed by atoms with Crippen LogP contribution in [-0.2, 0) is 4.79 Å². The Bertz CT molecular complexity index is 650. The lowest BCUT2D eigenvalue weighted by molar-refractivity contribution is -0.132. The van der Waals surface area contributed by atoms with Crippen LogP contribution in [0.5, 0.6) is 5.75 Å². The van der Waals surface area contributed by atoms with Crippen LogP contribution >= 0.6 is 0 Å². The zero-order valence-electron chi connectivity index (χ0n) is 13.7. The average Bonchev–Trinajstić information content (AvgIpc) is 2.63. The Labute approximate surface area is 142 Å². The number of amides is 1. The molecule has 0 saturated carbocycles. The fraction of sp³-hybridized carbons (Fsp3) is 0.316. The van der Waals surface area contributed by atoms with E-state index in [0.29, 0.717) is 13.0 Å². The number of ether oxygens (including phenoxy) is 1. The van der Waals surface area contributed by atoms with Crippen molar-refractivity contribution in [3.63, 3.8) is 0 Å². The second-order valence-electron chi connectivity index (χ2n) is 5.87. The molecule has 1 fully saturated rings. The summed E-state index contributed by atoms with van der Waals surface area (Å²) in [5.74, 6) is 0.960. The first-order valence-electron chi connectivity index (χ1n) is 8.28. The van der Waals surface area contributed by atoms with Crippen molar-refractivity contribution in [2.24, 2.45) is 0 Å². The van der Waals surface area contributed by atoms with E-state index in [-0.39, 0.29) is 5.91 Å². The fourth-order valence-electron chi connectivity index (χ4n) is 2.83. The van der Waals surface area contributed by atoms with E-state index in [2.05, 4.69) is 4.90 Å². The van der Waals surface area contributed by atoms with E-state index in [1.54, 1.807) is 0 Å². The van der Waals surface area contributed by atoms with Gasteiger partial charge in [-0.1, -0.05) is 18.2 Å². The van der Waals surface area contributed by atoms with Crippen LogP contribution in [0.1, 0.15) is 6.42 Å². The minimum atomic E-state index is 0.155. The molecule has 1 aliphatic heterocycles. The molecule has 2 aromatic carbocycles. The highest BCUT2D eigenvalue weighted by Crippen LogP contribution is 2.18. The quantitative estimate of drug-likeness (QED) is 0.858. The third kappa shape index (κ3) is 4.19. The maximum atomic E-state index is 12.3. The van der Waals surface area contributed by atoms with Gasteiger partial charge in [-0.05, 0) is 36.4 Å². The molecular formula is C19H23N3O2. The molecule has 0 radical (unpaired) electrons. The number of rotatable bonds is 5. The molecular weight excluding hydrogens is 302 g/mol. The summed E-state index contributed by atoms with van der Waals surface area (Å²) in [6.07, 6.45) is 0.413. The van der Waals surface area contributed by atoms with Crippen LogP contribution in [0.3, 0.4) is 0 Å². The Kier molecular flexibility index (Phi) is 5.21. The number of nitrogens with zero attached hydrogens (tertiary/aromatic N) is 2. The molecule has 5 nitrogen and oxygen atoms in total. The molecule has 0 bridgehead atoms. The number of benzene rings is 2. The predicted octanol–water partition coefficient (Wildman–Crippen LogP) is 2.39. The molecule has 0 aliphatic carbocycles. The zero-order chi connectivity index (χ0) is 16.8. The number of anilines is 2. The van der Waals surface area contributed by atoms with Crippen LogP contribution in [0.4, 0.5) is 11.4 Å². The molecule has 3 rings (SSSR count). The van der Waals surface area contributed by atoms with Crippen molar-refractivity contribution in [3.8, 4) is 5.75 Å². The average molecular weight is 325 g/mol. The zero-order valence-corrected chi connectivity index (χ0v) is 13.7. The van der Waals surface area contributed by atoms with Gasteiger partial charge in [0.1, 0.15) is 5.75 Å². The Morgan fingerprint density at radius 3 is 2.29 bits per heavy atom. The standard InChI is InChI=1S/C19H23N3O2/c20-16-6-8-17(9-7-16)21-11-13-22(14-12-21)19(23)10-15-24-18-4-2-1-3-5-18/h1-9H,10-15,20H2. The van der Waals surface area contributed by atoms with Gasteiger partial charge in [0.05, 0.1) is 13.0 Å². The fourth-order valence-corrected chi connectivity index (χ4v) is 2.83. The molecule has 0 spiro atoms. The molecule has 24 heavy (non-hydrogen) atoms. The molecule has 0 aromatic heterocycles. The minimum absolute atomic E-state index is 0.155. The van der Waals surface area contributed by atoms with Gasteiger partial charge in [-0.15, -0.1) is 0 Å². The molecule has 0 atom stereocenters. The number of hydrogen-bond acceptors (Lipinski definition) is 4. The van der Waals surface area contributed by atoms with Crippen molar-refractivity contribution in [3.05, 3.63) is 54.6 Å². The number of carbonyl (C=O) groups is 1. The van der Waals surface area contributed by atoms with Crippen LogP contribution in [0.25, 0.3) is 0 Å². The summed E-state index contributed by atoms with van der Waals surface area (Å²) >= 11 is 0. The summed E-state index contributed by atoms with van der Waals surface area (Å²) < 4.78 is 5.60. The molecule has 2 aromatic rings. The Hall–Kier alpha value is -2.69. The van der Waals surface area contributed by atoms with Crippen molar-refractivity contribution >= 4 is 17.3 Å². The van der Waals surface area contributed by atoms with E-state index in [1.807, 2.05) is 59.5 Å². The highest BCUT2D eigenvalue weighted by Gasteiger charge is 2.21. The lowest BCUT2D eigenvalue weighted by Crippen LogP contribution is -2.49. The van der Waals surface area contributed by atoms with Crippen molar-refractivity contribution in [1.29, 1.82) is 0 Å². The van der Waals surface area contributed by atoms with Crippen LogP contribution in [0.2, 0.25) is 0 Å². The summed E-state index contributed by atoms with van der Waals surface area (Å²) in [5, 5.41) is 0. The van der Waals surface area contributed by atoms with Crippen LogP contribution < -0.4 is 15.4 Å². The molecule has 1 saturated heterocycles. The monoisotopic (exact) mass is 325 g/mol. The van der Waals surface area contributed by atoms with E-state index in [4.69, 9.17) is 10.5 Å². The van der Waals surface area contributed by atoms with Gasteiger partial charge in [0.2, 0.25) is 5.91 Å². The maximum Gasteiger partial charge on any atom is 0.226 e. The summed E-state index contributed by atoms with van der Waals surface area (Å²) in [6.45, 7) is 3.59. The topological polar surface area (TPSA) is 58.8 Å². The van der Waals surface area contributed by atoms with Crippen LogP contribution in [-0.4, -0.2) is 43.6 Å². The van der Waals surface area contributed by atoms with Crippen LogP contribution in [0.15, 0.2) is 54.6 Å². The first-order valence-corrected chi connectivity index (χ1v) is 8.28. The first kappa shape index (κ1) is 16.2. The lowest BCUT2D eigenvalue weighted by atomic mass is 10.2. The van der Waals surface area contributed by atoms with Gasteiger partial charge in [0.25, 0.3) is 0 Å². The van der Waals surface area contributed by atoms with Gasteiger partial charge in [0.15, 0.2) is 0 Å². The van der Waals surface area contributed by atoms with Crippen molar-refractivity contribution in [2.45, 2.75) is 6.42 Å². The molecule has 5 heteroatoms. The molecule has 0 unspecified atom stereocenters. The number of carbonyl (C=O) groups excluding carboxylic acids is 1. The Morgan fingerprint density at radius 2 is 1.62 bits per heavy atom. The van der Waals surface area contributed by atoms with Crippen LogP contribution in [0, 0.1) is 0 Å². The second kappa shape index (κ2) is 7.73. The maximum absolute atomic E-state index is 12.3. The minimum Gasteiger partial charge on any atom is -0.493 e. The third-order valence-corrected chi connectivity index (χ3v) is 4.22. The van der Waals surface area contributed by atoms with E-state index in [1.165, 1.54) is 0 Å². The largest absolute Gasteiger partial charge is 0.493 e. The highest BCUT2D eigenvalue weighted by atomic mass is 16.5. The lowest BCUT2D eigenvalue weighted by Gasteiger charge is -2.36. The van der Waals surface area contributed by atoms with Gasteiger partial charge in [-0.25, -0.2) is 0 Å². The van der Waals surface area contributed by atoms with Crippen molar-refractivity contribution in [1.82, 2.24) is 4.90 Å². The number of piperazine rings is 1. The first-order chi connectivity index (χ1) is 11.7. The highest BCUT2D eigenvalue weighted by molar-refractivity contribution is 5.76. The number of para-hydroxylation sites is 1. The Morgan fingerprint density at radius 1 is 0.958 bits per heavy atom. The van der Waals surface area contributed by atoms with Crippen molar-refractivity contribution in [2.75, 3.05) is 43.4 Å². The summed E-state index contributed by atoms with van der Waals surface area (Å²) in [7, 11) is 0. The smallest absolute Gasteiger partial charge is 0.226 e. The molecule has 1 aliphatic rings. The summed E-state index contributed by atoms with van der Waals surface area (Å²) in [6, 6.07) is 17.5. The molecule has 1 amide bonds. The van der Waals surface area contributed by atoms with E-state index >= 15 is 0 Å². The number of nitrogens with two attached hydrogens (primary N) is 1. The molecule has 1 heterocycles. The van der Waals surface area contributed by atoms with Gasteiger partial charge >= 0.3 is 0 Å². The van der Waals surface area contributed by atoms with E-state index < -0.39 is 0 Å². The van der Waals surface area contributed by atoms with Gasteiger partial charge in [0, 0.05) is 37.6 Å². The molecule has 126 valence electrons. The van der Waals surface area contributed by atoms with E-state index in [9.17, 15) is 4.79 Å². The predicted molar refractivity (Wildman–Crippen MR) is 96.2 cm³/mol. The van der Waals surface area contributed by atoms with Gasteiger partial charge in [-0.2, -0.15) is 0 Å². The molecule has 2 N–H and O–H groups in total. The SMILES string of the molecule is Nc1ccc(N2CCN(C(=O)CCOc3ccccc3)CC2)cc1. The van der Waals surface area contributed by atoms with Gasteiger partial charge in [-0.3, -0.25) is 4.79 Å². The summed E-state index contributed by atoms with van der Waals surface area (Å²) in [5.41, 5.74) is 7.65. The van der Waals surface area contributed by atoms with Crippen molar-refractivity contribution < 1.29 is 9.53 Å². The van der Waals surface area contributed by atoms with E-state index in [0.717, 1.165) is 43.3 Å².